The summed E-state index contributed by atoms with van der Waals surface area (Å²) in [6, 6.07) is 14.2. The van der Waals surface area contributed by atoms with E-state index in [4.69, 9.17) is 21.1 Å². The fraction of sp³-hybridized carbons (Fsp3) is 0.160. The van der Waals surface area contributed by atoms with E-state index in [0.29, 0.717) is 27.6 Å². The van der Waals surface area contributed by atoms with Crippen LogP contribution in [0.5, 0.6) is 11.5 Å². The Hall–Kier alpha value is -3.84. The molecule has 1 amide bonds. The number of halogens is 1. The number of ether oxygens (including phenoxy) is 2. The second kappa shape index (κ2) is 9.34. The van der Waals surface area contributed by atoms with E-state index in [1.54, 1.807) is 60.9 Å². The van der Waals surface area contributed by atoms with Gasteiger partial charge in [-0.2, -0.15) is 0 Å². The van der Waals surface area contributed by atoms with Gasteiger partial charge in [0.15, 0.2) is 0 Å². The Balaban J connectivity index is 1.91. The second-order valence-electron chi connectivity index (χ2n) is 7.40. The highest BCUT2D eigenvalue weighted by Crippen LogP contribution is 2.44. The van der Waals surface area contributed by atoms with Crippen molar-refractivity contribution in [3.05, 3.63) is 94.3 Å². The van der Waals surface area contributed by atoms with Crippen LogP contribution in [0, 0.1) is 0 Å². The molecule has 0 spiro atoms. The van der Waals surface area contributed by atoms with Gasteiger partial charge in [-0.15, -0.1) is 0 Å². The van der Waals surface area contributed by atoms with Crippen molar-refractivity contribution in [1.29, 1.82) is 0 Å². The van der Waals surface area contributed by atoms with Crippen molar-refractivity contribution in [1.82, 2.24) is 9.88 Å². The van der Waals surface area contributed by atoms with Gasteiger partial charge in [0.25, 0.3) is 11.7 Å². The Labute approximate surface area is 195 Å². The Morgan fingerprint density at radius 1 is 1.09 bits per heavy atom. The molecule has 1 aliphatic heterocycles. The highest BCUT2D eigenvalue weighted by Gasteiger charge is 2.47. The van der Waals surface area contributed by atoms with E-state index in [0.717, 1.165) is 5.56 Å². The summed E-state index contributed by atoms with van der Waals surface area (Å²) in [5.41, 5.74) is 1.62. The number of ketones is 1. The number of carbonyl (C=O) groups is 2. The number of nitrogens with zero attached hydrogens (tertiary/aromatic N) is 2. The summed E-state index contributed by atoms with van der Waals surface area (Å²) in [6.07, 6.45) is 3.25. The minimum absolute atomic E-state index is 0.0327. The van der Waals surface area contributed by atoms with Gasteiger partial charge in [0.1, 0.15) is 17.3 Å². The van der Waals surface area contributed by atoms with Crippen LogP contribution < -0.4 is 9.47 Å². The Bertz CT molecular complexity index is 1230. The lowest BCUT2D eigenvalue weighted by molar-refractivity contribution is -0.140. The van der Waals surface area contributed by atoms with E-state index in [-0.39, 0.29) is 17.9 Å². The molecule has 1 aromatic heterocycles. The first-order valence-corrected chi connectivity index (χ1v) is 10.5. The zero-order valence-corrected chi connectivity index (χ0v) is 18.7. The standard InChI is InChI=1S/C25H21ClN2O5/c1-32-18-9-10-19(20(12-18)33-2)22-21(23(29)16-5-7-17(26)8-6-16)24(30)25(31)28(22)14-15-4-3-11-27-13-15/h3-13,22,29H,14H2,1-2H3/t22-/m1/s1. The summed E-state index contributed by atoms with van der Waals surface area (Å²) in [7, 11) is 3.02. The number of hydrogen-bond donors (Lipinski definition) is 1. The summed E-state index contributed by atoms with van der Waals surface area (Å²) < 4.78 is 10.8. The van der Waals surface area contributed by atoms with Crippen molar-refractivity contribution in [3.8, 4) is 11.5 Å². The van der Waals surface area contributed by atoms with E-state index in [9.17, 15) is 14.7 Å². The summed E-state index contributed by atoms with van der Waals surface area (Å²) in [5, 5.41) is 11.6. The molecular formula is C25H21ClN2O5. The van der Waals surface area contributed by atoms with E-state index in [1.165, 1.54) is 19.1 Å². The lowest BCUT2D eigenvalue weighted by Gasteiger charge is -2.26. The Kier molecular flexibility index (Phi) is 6.33. The number of amides is 1. The first kappa shape index (κ1) is 22.4. The third kappa shape index (κ3) is 4.27. The number of rotatable bonds is 6. The van der Waals surface area contributed by atoms with Gasteiger partial charge in [-0.1, -0.05) is 17.7 Å². The smallest absolute Gasteiger partial charge is 0.295 e. The van der Waals surface area contributed by atoms with E-state index in [2.05, 4.69) is 4.98 Å². The molecule has 2 aromatic carbocycles. The number of aliphatic hydroxyl groups excluding tert-OH is 1. The molecular weight excluding hydrogens is 444 g/mol. The number of benzene rings is 2. The van der Waals surface area contributed by atoms with Gasteiger partial charge in [-0.05, 0) is 48.0 Å². The maximum Gasteiger partial charge on any atom is 0.295 e. The molecule has 0 aliphatic carbocycles. The maximum absolute atomic E-state index is 13.2. The predicted molar refractivity (Wildman–Crippen MR) is 123 cm³/mol. The fourth-order valence-electron chi connectivity index (χ4n) is 3.86. The molecule has 1 atom stereocenters. The molecule has 2 heterocycles. The van der Waals surface area contributed by atoms with Crippen molar-refractivity contribution < 1.29 is 24.2 Å². The zero-order chi connectivity index (χ0) is 23.5. The summed E-state index contributed by atoms with van der Waals surface area (Å²) >= 11 is 5.97. The van der Waals surface area contributed by atoms with E-state index in [1.807, 2.05) is 6.07 Å². The molecule has 0 bridgehead atoms. The molecule has 0 unspecified atom stereocenters. The topological polar surface area (TPSA) is 89.0 Å². The van der Waals surface area contributed by atoms with E-state index >= 15 is 0 Å². The average Bonchev–Trinajstić information content (AvgIpc) is 3.09. The highest BCUT2D eigenvalue weighted by molar-refractivity contribution is 6.46. The minimum atomic E-state index is -0.887. The molecule has 8 heteroatoms. The molecule has 168 valence electrons. The van der Waals surface area contributed by atoms with Gasteiger partial charge >= 0.3 is 0 Å². The van der Waals surface area contributed by atoms with Crippen LogP contribution in [0.4, 0.5) is 0 Å². The monoisotopic (exact) mass is 464 g/mol. The number of carbonyl (C=O) groups excluding carboxylic acids is 2. The van der Waals surface area contributed by atoms with Crippen molar-refractivity contribution in [3.63, 3.8) is 0 Å². The van der Waals surface area contributed by atoms with Crippen LogP contribution in [0.2, 0.25) is 5.02 Å². The minimum Gasteiger partial charge on any atom is -0.507 e. The number of likely N-dealkylation sites (tertiary alicyclic amines) is 1. The van der Waals surface area contributed by atoms with Crippen LogP contribution >= 0.6 is 11.6 Å². The zero-order valence-electron chi connectivity index (χ0n) is 18.0. The Morgan fingerprint density at radius 3 is 2.48 bits per heavy atom. The molecule has 3 aromatic rings. The number of pyridine rings is 1. The van der Waals surface area contributed by atoms with Gasteiger partial charge in [-0.25, -0.2) is 0 Å². The first-order valence-electron chi connectivity index (χ1n) is 10.1. The largest absolute Gasteiger partial charge is 0.507 e. The number of aromatic nitrogens is 1. The highest BCUT2D eigenvalue weighted by atomic mass is 35.5. The predicted octanol–water partition coefficient (Wildman–Crippen LogP) is 4.37. The number of hydrogen-bond acceptors (Lipinski definition) is 6. The van der Waals surface area contributed by atoms with Crippen LogP contribution in [0.15, 0.2) is 72.6 Å². The van der Waals surface area contributed by atoms with Gasteiger partial charge in [-0.3, -0.25) is 14.6 Å². The SMILES string of the molecule is COc1ccc([C@@H]2C(=C(O)c3ccc(Cl)cc3)C(=O)C(=O)N2Cc2cccnc2)c(OC)c1. The number of Topliss-reactive ketones (excluding diaryl/α,β-unsaturated/α-hetero) is 1. The molecule has 1 N–H and O–H groups in total. The quantitative estimate of drug-likeness (QED) is 0.331. The van der Waals surface area contributed by atoms with Crippen molar-refractivity contribution in [2.75, 3.05) is 14.2 Å². The lowest BCUT2D eigenvalue weighted by Crippen LogP contribution is -2.29. The van der Waals surface area contributed by atoms with Crippen LogP contribution in [0.1, 0.15) is 22.7 Å². The van der Waals surface area contributed by atoms with Crippen LogP contribution in [0.25, 0.3) is 5.76 Å². The third-order valence-electron chi connectivity index (χ3n) is 5.47. The Morgan fingerprint density at radius 2 is 1.85 bits per heavy atom. The van der Waals surface area contributed by atoms with Crippen LogP contribution in [0.3, 0.4) is 0 Å². The van der Waals surface area contributed by atoms with Gasteiger partial charge in [0.05, 0.1) is 25.8 Å². The first-order chi connectivity index (χ1) is 15.9. The van der Waals surface area contributed by atoms with E-state index < -0.39 is 17.7 Å². The summed E-state index contributed by atoms with van der Waals surface area (Å²) in [5.74, 6) is -0.829. The maximum atomic E-state index is 13.2. The molecule has 0 saturated carbocycles. The van der Waals surface area contributed by atoms with Crippen molar-refractivity contribution >= 4 is 29.1 Å². The average molecular weight is 465 g/mol. The van der Waals surface area contributed by atoms with Gasteiger partial charge < -0.3 is 19.5 Å². The van der Waals surface area contributed by atoms with Gasteiger partial charge in [0, 0.05) is 41.2 Å². The lowest BCUT2D eigenvalue weighted by atomic mass is 9.94. The van der Waals surface area contributed by atoms with Crippen molar-refractivity contribution in [2.45, 2.75) is 12.6 Å². The van der Waals surface area contributed by atoms with Crippen LogP contribution in [-0.4, -0.2) is 40.9 Å². The van der Waals surface area contributed by atoms with Crippen LogP contribution in [-0.2, 0) is 16.1 Å². The molecule has 1 fully saturated rings. The molecule has 0 radical (unpaired) electrons. The molecule has 7 nitrogen and oxygen atoms in total. The normalized spacial score (nSPS) is 17.3. The molecule has 1 saturated heterocycles. The second-order valence-corrected chi connectivity index (χ2v) is 7.84. The molecule has 33 heavy (non-hydrogen) atoms. The third-order valence-corrected chi connectivity index (χ3v) is 5.72. The summed E-state index contributed by atoms with van der Waals surface area (Å²) in [4.78, 5) is 31.8. The summed E-state index contributed by atoms with van der Waals surface area (Å²) in [6.45, 7) is 0.121. The molecule has 4 rings (SSSR count). The van der Waals surface area contributed by atoms with Gasteiger partial charge in [0.2, 0.25) is 0 Å². The molecule has 1 aliphatic rings. The van der Waals surface area contributed by atoms with Crippen molar-refractivity contribution in [2.24, 2.45) is 0 Å². The number of aliphatic hydroxyl groups is 1. The fourth-order valence-corrected chi connectivity index (χ4v) is 3.99. The number of methoxy groups -OCH3 is 2.